The fraction of sp³-hybridized carbons (Fsp3) is 0.455. The van der Waals surface area contributed by atoms with Crippen molar-refractivity contribution in [2.75, 3.05) is 0 Å². The average molecular weight is 205 g/mol. The zero-order chi connectivity index (χ0) is 11.0. The van der Waals surface area contributed by atoms with E-state index < -0.39 is 0 Å². The maximum atomic E-state index is 11.5. The van der Waals surface area contributed by atoms with Crippen molar-refractivity contribution in [2.45, 2.75) is 33.2 Å². The van der Waals surface area contributed by atoms with E-state index in [1.807, 2.05) is 19.1 Å². The van der Waals surface area contributed by atoms with Crippen LogP contribution < -0.4 is 5.69 Å². The molecule has 0 unspecified atom stereocenters. The summed E-state index contributed by atoms with van der Waals surface area (Å²) >= 11 is 0. The van der Waals surface area contributed by atoms with Crippen LogP contribution >= 0.6 is 0 Å². The molecular weight excluding hydrogens is 190 g/mol. The van der Waals surface area contributed by atoms with Crippen LogP contribution in [-0.4, -0.2) is 14.5 Å². The largest absolute Gasteiger partial charge is 0.327 e. The van der Waals surface area contributed by atoms with Crippen LogP contribution in [0.1, 0.15) is 32.4 Å². The predicted molar refractivity (Wildman–Crippen MR) is 60.1 cm³/mol. The van der Waals surface area contributed by atoms with E-state index in [0.717, 1.165) is 16.9 Å². The first-order valence-corrected chi connectivity index (χ1v) is 5.23. The van der Waals surface area contributed by atoms with Crippen LogP contribution in [0.5, 0.6) is 0 Å². The van der Waals surface area contributed by atoms with E-state index in [2.05, 4.69) is 23.8 Å². The Morgan fingerprint density at radius 2 is 2.20 bits per heavy atom. The third-order valence-electron chi connectivity index (χ3n) is 2.55. The maximum Gasteiger partial charge on any atom is 0.327 e. The summed E-state index contributed by atoms with van der Waals surface area (Å²) in [5.74, 6) is 0.379. The molecule has 4 heteroatoms. The predicted octanol–water partition coefficient (Wildman–Crippen LogP) is 1.87. The number of aryl methyl sites for hydroxylation is 1. The number of aromatic nitrogens is 3. The van der Waals surface area contributed by atoms with Crippen molar-refractivity contribution in [1.82, 2.24) is 14.5 Å². The molecule has 0 atom stereocenters. The van der Waals surface area contributed by atoms with Gasteiger partial charge in [-0.05, 0) is 25.0 Å². The van der Waals surface area contributed by atoms with Gasteiger partial charge in [0.15, 0.2) is 5.65 Å². The molecule has 0 radical (unpaired) electrons. The van der Waals surface area contributed by atoms with Crippen molar-refractivity contribution in [3.05, 3.63) is 28.3 Å². The Labute approximate surface area is 88.0 Å². The molecule has 0 saturated heterocycles. The molecule has 4 nitrogen and oxygen atoms in total. The lowest BCUT2D eigenvalue weighted by atomic mass is 10.1. The summed E-state index contributed by atoms with van der Waals surface area (Å²) < 4.78 is 1.65. The van der Waals surface area contributed by atoms with Crippen LogP contribution in [0.15, 0.2) is 16.9 Å². The Morgan fingerprint density at radius 1 is 1.47 bits per heavy atom. The van der Waals surface area contributed by atoms with Gasteiger partial charge in [-0.25, -0.2) is 9.78 Å². The van der Waals surface area contributed by atoms with Crippen molar-refractivity contribution in [2.24, 2.45) is 0 Å². The lowest BCUT2D eigenvalue weighted by molar-refractivity contribution is 0.738. The number of imidazole rings is 1. The minimum atomic E-state index is -0.0825. The highest BCUT2D eigenvalue weighted by Gasteiger charge is 2.08. The molecule has 0 saturated carbocycles. The first kappa shape index (κ1) is 9.96. The third-order valence-corrected chi connectivity index (χ3v) is 2.55. The Morgan fingerprint density at radius 3 is 2.80 bits per heavy atom. The minimum Gasteiger partial charge on any atom is -0.304 e. The molecule has 0 fully saturated rings. The summed E-state index contributed by atoms with van der Waals surface area (Å²) in [5.41, 5.74) is 2.50. The second-order valence-electron chi connectivity index (χ2n) is 3.94. The molecule has 0 aliphatic rings. The number of hydrogen-bond donors (Lipinski definition) is 1. The van der Waals surface area contributed by atoms with Crippen molar-refractivity contribution >= 4 is 11.2 Å². The topological polar surface area (TPSA) is 50.7 Å². The van der Waals surface area contributed by atoms with Crippen LogP contribution in [0.25, 0.3) is 11.2 Å². The van der Waals surface area contributed by atoms with Gasteiger partial charge in [0.2, 0.25) is 0 Å². The lowest BCUT2D eigenvalue weighted by Gasteiger charge is -2.04. The summed E-state index contributed by atoms with van der Waals surface area (Å²) in [6, 6.07) is 3.88. The Kier molecular flexibility index (Phi) is 2.34. The van der Waals surface area contributed by atoms with Gasteiger partial charge in [-0.2, -0.15) is 0 Å². The molecule has 2 aromatic rings. The highest BCUT2D eigenvalue weighted by Crippen LogP contribution is 2.15. The van der Waals surface area contributed by atoms with Crippen LogP contribution in [0.3, 0.4) is 0 Å². The van der Waals surface area contributed by atoms with E-state index in [4.69, 9.17) is 0 Å². The molecule has 1 N–H and O–H groups in total. The summed E-state index contributed by atoms with van der Waals surface area (Å²) in [5, 5.41) is 0. The Balaban J connectivity index is 2.73. The van der Waals surface area contributed by atoms with E-state index in [0.29, 0.717) is 12.5 Å². The van der Waals surface area contributed by atoms with Gasteiger partial charge in [0.25, 0.3) is 0 Å². The highest BCUT2D eigenvalue weighted by molar-refractivity contribution is 5.70. The van der Waals surface area contributed by atoms with E-state index in [9.17, 15) is 4.79 Å². The second-order valence-corrected chi connectivity index (χ2v) is 3.94. The molecule has 80 valence electrons. The molecular formula is C11H15N3O. The van der Waals surface area contributed by atoms with Crippen LogP contribution in [0, 0.1) is 0 Å². The number of rotatable bonds is 2. The van der Waals surface area contributed by atoms with Crippen LogP contribution in [0.4, 0.5) is 0 Å². The SMILES string of the molecule is CCn1c(=O)[nH]c2ccc(C(C)C)nc21. The zero-order valence-corrected chi connectivity index (χ0v) is 9.24. The smallest absolute Gasteiger partial charge is 0.304 e. The van der Waals surface area contributed by atoms with Crippen LogP contribution in [0.2, 0.25) is 0 Å². The van der Waals surface area contributed by atoms with Gasteiger partial charge in [0.1, 0.15) is 0 Å². The van der Waals surface area contributed by atoms with Gasteiger partial charge in [0.05, 0.1) is 5.52 Å². The summed E-state index contributed by atoms with van der Waals surface area (Å²) in [7, 11) is 0. The molecule has 2 aromatic heterocycles. The first-order chi connectivity index (χ1) is 7.13. The van der Waals surface area contributed by atoms with Gasteiger partial charge < -0.3 is 4.98 Å². The number of pyridine rings is 1. The van der Waals surface area contributed by atoms with Crippen molar-refractivity contribution in [1.29, 1.82) is 0 Å². The van der Waals surface area contributed by atoms with Crippen LogP contribution in [-0.2, 0) is 6.54 Å². The molecule has 0 spiro atoms. The maximum absolute atomic E-state index is 11.5. The number of H-pyrrole nitrogens is 1. The number of nitrogens with one attached hydrogen (secondary N) is 1. The van der Waals surface area contributed by atoms with E-state index in [1.165, 1.54) is 0 Å². The fourth-order valence-electron chi connectivity index (χ4n) is 1.66. The molecule has 0 aliphatic carbocycles. The summed E-state index contributed by atoms with van der Waals surface area (Å²) in [4.78, 5) is 18.8. The Hall–Kier alpha value is -1.58. The fourth-order valence-corrected chi connectivity index (χ4v) is 1.66. The molecule has 0 amide bonds. The number of aromatic amines is 1. The average Bonchev–Trinajstić information content (AvgIpc) is 2.51. The normalized spacial score (nSPS) is 11.5. The number of fused-ring (bicyclic) bond motifs is 1. The molecule has 0 aliphatic heterocycles. The second kappa shape index (κ2) is 3.53. The van der Waals surface area contributed by atoms with Gasteiger partial charge >= 0.3 is 5.69 Å². The van der Waals surface area contributed by atoms with Gasteiger partial charge in [0, 0.05) is 12.2 Å². The molecule has 0 bridgehead atoms. The van der Waals surface area contributed by atoms with Crippen molar-refractivity contribution < 1.29 is 0 Å². The highest BCUT2D eigenvalue weighted by atomic mass is 16.1. The third kappa shape index (κ3) is 1.56. The quantitative estimate of drug-likeness (QED) is 0.813. The molecule has 2 heterocycles. The number of nitrogens with zero attached hydrogens (tertiary/aromatic N) is 2. The Bertz CT molecular complexity index is 536. The van der Waals surface area contributed by atoms with Crippen molar-refractivity contribution in [3.63, 3.8) is 0 Å². The van der Waals surface area contributed by atoms with E-state index in [-0.39, 0.29) is 5.69 Å². The molecule has 0 aromatic carbocycles. The van der Waals surface area contributed by atoms with E-state index >= 15 is 0 Å². The lowest BCUT2D eigenvalue weighted by Crippen LogP contribution is -2.15. The van der Waals surface area contributed by atoms with Gasteiger partial charge in [-0.3, -0.25) is 4.57 Å². The van der Waals surface area contributed by atoms with Gasteiger partial charge in [-0.15, -0.1) is 0 Å². The number of hydrogen-bond acceptors (Lipinski definition) is 2. The molecule has 2 rings (SSSR count). The standard InChI is InChI=1S/C11H15N3O/c1-4-14-10-9(13-11(14)15)6-5-8(12-10)7(2)3/h5-7H,4H2,1-3H3,(H,13,15). The monoisotopic (exact) mass is 205 g/mol. The van der Waals surface area contributed by atoms with E-state index in [1.54, 1.807) is 4.57 Å². The zero-order valence-electron chi connectivity index (χ0n) is 9.24. The first-order valence-electron chi connectivity index (χ1n) is 5.23. The van der Waals surface area contributed by atoms with Crippen molar-refractivity contribution in [3.8, 4) is 0 Å². The summed E-state index contributed by atoms with van der Waals surface area (Å²) in [6.45, 7) is 6.77. The summed E-state index contributed by atoms with van der Waals surface area (Å²) in [6.07, 6.45) is 0. The van der Waals surface area contributed by atoms with Gasteiger partial charge in [-0.1, -0.05) is 13.8 Å². The molecule has 15 heavy (non-hydrogen) atoms. The minimum absolute atomic E-state index is 0.0825.